The van der Waals surface area contributed by atoms with Crippen molar-refractivity contribution in [2.24, 2.45) is 14.1 Å². The molecule has 0 unspecified atom stereocenters. The van der Waals surface area contributed by atoms with Crippen molar-refractivity contribution in [3.8, 4) is 0 Å². The monoisotopic (exact) mass is 364 g/mol. The van der Waals surface area contributed by atoms with Gasteiger partial charge in [0.1, 0.15) is 12.4 Å². The van der Waals surface area contributed by atoms with Crippen LogP contribution in [0, 0.1) is 0 Å². The van der Waals surface area contributed by atoms with Gasteiger partial charge in [0, 0.05) is 0 Å². The summed E-state index contributed by atoms with van der Waals surface area (Å²) in [6, 6.07) is 21.5. The highest BCUT2D eigenvalue weighted by Gasteiger charge is 2.44. The van der Waals surface area contributed by atoms with Crippen LogP contribution in [0.1, 0.15) is 0 Å². The van der Waals surface area contributed by atoms with Gasteiger partial charge in [-0.15, -0.1) is 10.9 Å². The Morgan fingerprint density at radius 3 is 1.35 bits per heavy atom. The zero-order valence-corrected chi connectivity index (χ0v) is 15.7. The average Bonchev–Trinajstić information content (AvgIpc) is 3.27. The zero-order valence-electron chi connectivity index (χ0n) is 15.0. The van der Waals surface area contributed by atoms with Crippen molar-refractivity contribution in [1.29, 1.82) is 0 Å². The molecule has 4 aromatic rings. The Balaban J connectivity index is 0.00000196. The third kappa shape index (κ3) is 2.84. The molecule has 0 N–H and O–H groups in total. The minimum Gasteiger partial charge on any atom is -1.00 e. The van der Waals surface area contributed by atoms with Crippen molar-refractivity contribution in [3.05, 3.63) is 98.1 Å². The first-order valence-electron chi connectivity index (χ1n) is 8.54. The van der Waals surface area contributed by atoms with Crippen LogP contribution < -0.4 is 32.3 Å². The Morgan fingerprint density at radius 2 is 1.04 bits per heavy atom. The van der Waals surface area contributed by atoms with Crippen LogP contribution in [0.15, 0.2) is 98.1 Å². The highest BCUT2D eigenvalue weighted by Crippen LogP contribution is 2.01. The first kappa shape index (κ1) is 18.0. The number of imidazole rings is 2. The Kier molecular flexibility index (Phi) is 5.00. The van der Waals surface area contributed by atoms with E-state index in [1.165, 1.54) is 10.9 Å². The molecule has 0 saturated carbocycles. The molecule has 0 atom stereocenters. The fourth-order valence-electron chi connectivity index (χ4n) is 3.86. The second-order valence-electron chi connectivity index (χ2n) is 6.65. The third-order valence-corrected chi connectivity index (χ3v) is 4.97. The van der Waals surface area contributed by atoms with Gasteiger partial charge in [0.15, 0.2) is 12.7 Å². The van der Waals surface area contributed by atoms with E-state index in [4.69, 9.17) is 0 Å². The van der Waals surface area contributed by atoms with E-state index in [0.717, 1.165) is 0 Å². The predicted octanol–water partition coefficient (Wildman–Crippen LogP) is -2.40. The molecule has 0 amide bonds. The van der Waals surface area contributed by atoms with Crippen molar-refractivity contribution in [2.45, 2.75) is 0 Å². The maximum Gasteiger partial charge on any atom is 0.437 e. The summed E-state index contributed by atoms with van der Waals surface area (Å²) in [4.78, 5) is 0. The molecule has 0 bridgehead atoms. The van der Waals surface area contributed by atoms with E-state index in [-0.39, 0.29) is 12.4 Å². The highest BCUT2D eigenvalue weighted by molar-refractivity contribution is 6.89. The molecule has 26 heavy (non-hydrogen) atoms. The fraction of sp³-hybridized carbons (Fsp3) is 0.100. The number of rotatable bonds is 4. The number of nitrogens with zero attached hydrogens (tertiary/aromatic N) is 4. The maximum absolute atomic E-state index is 2.32. The molecule has 2 aromatic heterocycles. The highest BCUT2D eigenvalue weighted by atomic mass is 35.5. The van der Waals surface area contributed by atoms with E-state index in [9.17, 15) is 0 Å². The van der Waals surface area contributed by atoms with Gasteiger partial charge in [-0.3, -0.25) is 0 Å². The van der Waals surface area contributed by atoms with E-state index < -0.39 is 6.42 Å². The SMILES string of the molecule is Cn1cc[n+]([B-](c2ccccc2)(c2ccccc2)[n+]2ccn(C)c2)c1.[Cl-]. The van der Waals surface area contributed by atoms with Crippen molar-refractivity contribution >= 4 is 17.3 Å². The second kappa shape index (κ2) is 7.22. The molecule has 0 aliphatic rings. The zero-order chi connectivity index (χ0) is 17.3. The molecule has 0 saturated heterocycles. The van der Waals surface area contributed by atoms with Crippen molar-refractivity contribution in [2.75, 3.05) is 0 Å². The normalized spacial score (nSPS) is 11.2. The summed E-state index contributed by atoms with van der Waals surface area (Å²) in [7, 11) is 4.12. The summed E-state index contributed by atoms with van der Waals surface area (Å²) in [6.07, 6.45) is 11.4. The van der Waals surface area contributed by atoms with Crippen molar-refractivity contribution < 1.29 is 21.4 Å². The summed E-state index contributed by atoms with van der Waals surface area (Å²) >= 11 is 0. The number of benzene rings is 2. The fourth-order valence-corrected chi connectivity index (χ4v) is 3.86. The predicted molar refractivity (Wildman–Crippen MR) is 99.9 cm³/mol. The molecular weight excluding hydrogens is 343 g/mol. The van der Waals surface area contributed by atoms with E-state index in [1.54, 1.807) is 0 Å². The van der Waals surface area contributed by atoms with Gasteiger partial charge >= 0.3 is 6.42 Å². The number of aryl methyl sites for hydroxylation is 2. The molecule has 4 nitrogen and oxygen atoms in total. The van der Waals surface area contributed by atoms with Crippen LogP contribution in [0.3, 0.4) is 0 Å². The number of aromatic nitrogens is 4. The first-order chi connectivity index (χ1) is 12.2. The van der Waals surface area contributed by atoms with Gasteiger partial charge in [-0.2, -0.15) is 0 Å². The molecule has 0 spiro atoms. The number of halogens is 1. The molecule has 4 rings (SSSR count). The Morgan fingerprint density at radius 1 is 0.654 bits per heavy atom. The van der Waals surface area contributed by atoms with Crippen LogP contribution in [0.4, 0.5) is 0 Å². The lowest BCUT2D eigenvalue weighted by Crippen LogP contribution is -3.00. The Hall–Kier alpha value is -2.79. The van der Waals surface area contributed by atoms with E-state index in [1.807, 2.05) is 0 Å². The molecule has 0 aliphatic heterocycles. The standard InChI is InChI=1S/C20H22BN4.ClH/c1-22-13-15-24(17-22)21(19-9-5-3-6-10-19,20-11-7-4-8-12-20)25-16-14-23(2)18-25;/h3-18H,1-2H3;1H/q+1;/p-1. The summed E-state index contributed by atoms with van der Waals surface area (Å²) in [5, 5.41) is 0. The molecule has 0 radical (unpaired) electrons. The second-order valence-corrected chi connectivity index (χ2v) is 6.65. The summed E-state index contributed by atoms with van der Waals surface area (Å²) in [5.41, 5.74) is 2.53. The largest absolute Gasteiger partial charge is 1.00 e. The van der Waals surface area contributed by atoms with Crippen LogP contribution in [-0.2, 0) is 14.1 Å². The maximum atomic E-state index is 2.32. The number of hydrogen-bond donors (Lipinski definition) is 0. The molecule has 132 valence electrons. The average molecular weight is 365 g/mol. The first-order valence-corrected chi connectivity index (χ1v) is 8.54. The van der Waals surface area contributed by atoms with Gasteiger partial charge < -0.3 is 21.4 Å². The topological polar surface area (TPSA) is 17.6 Å². The Bertz CT molecular complexity index is 897. The Labute approximate surface area is 160 Å². The van der Waals surface area contributed by atoms with E-state index >= 15 is 0 Å². The smallest absolute Gasteiger partial charge is 0.437 e. The lowest BCUT2D eigenvalue weighted by Gasteiger charge is -2.34. The van der Waals surface area contributed by atoms with Gasteiger partial charge in [0.25, 0.3) is 0 Å². The van der Waals surface area contributed by atoms with Gasteiger partial charge in [-0.1, -0.05) is 60.7 Å². The van der Waals surface area contributed by atoms with E-state index in [2.05, 4.69) is 130 Å². The van der Waals surface area contributed by atoms with Crippen LogP contribution in [0.25, 0.3) is 0 Å². The summed E-state index contributed by atoms with van der Waals surface area (Å²) in [5.74, 6) is 0. The molecular formula is C20H22BClN4. The van der Waals surface area contributed by atoms with Crippen molar-refractivity contribution in [1.82, 2.24) is 9.13 Å². The van der Waals surface area contributed by atoms with Crippen LogP contribution in [-0.4, -0.2) is 15.6 Å². The van der Waals surface area contributed by atoms with Gasteiger partial charge in [0.2, 0.25) is 0 Å². The minimum atomic E-state index is -1.38. The van der Waals surface area contributed by atoms with Crippen LogP contribution >= 0.6 is 0 Å². The minimum absolute atomic E-state index is 0. The lowest BCUT2D eigenvalue weighted by atomic mass is 9.36. The van der Waals surface area contributed by atoms with Gasteiger partial charge in [-0.05, 0) is 0 Å². The molecule has 6 heteroatoms. The van der Waals surface area contributed by atoms with Gasteiger partial charge in [0.05, 0.1) is 26.5 Å². The number of hydrogen-bond acceptors (Lipinski definition) is 0. The lowest BCUT2D eigenvalue weighted by molar-refractivity contribution is -0.679. The molecule has 2 heterocycles. The van der Waals surface area contributed by atoms with E-state index in [0.29, 0.717) is 0 Å². The molecule has 0 aliphatic carbocycles. The molecule has 2 aromatic carbocycles. The quantitative estimate of drug-likeness (QED) is 0.359. The molecule has 0 fully saturated rings. The van der Waals surface area contributed by atoms with Crippen molar-refractivity contribution in [3.63, 3.8) is 0 Å². The van der Waals surface area contributed by atoms with Gasteiger partial charge in [-0.25, -0.2) is 9.13 Å². The summed E-state index contributed by atoms with van der Waals surface area (Å²) in [6.45, 7) is 0. The van der Waals surface area contributed by atoms with Crippen LogP contribution in [0.5, 0.6) is 0 Å². The third-order valence-electron chi connectivity index (χ3n) is 4.97. The summed E-state index contributed by atoms with van der Waals surface area (Å²) < 4.78 is 8.83. The van der Waals surface area contributed by atoms with Crippen LogP contribution in [0.2, 0.25) is 0 Å².